The number of para-hydroxylation sites is 2. The first-order valence-electron chi connectivity index (χ1n) is 20.8. The Labute approximate surface area is 353 Å². The van der Waals surface area contributed by atoms with Gasteiger partial charge in [0.2, 0.25) is 0 Å². The molecule has 0 spiro atoms. The minimum absolute atomic E-state index is 0.872. The Bertz CT molecular complexity index is 3620. The summed E-state index contributed by atoms with van der Waals surface area (Å²) in [5.74, 6) is 0. The van der Waals surface area contributed by atoms with Crippen LogP contribution in [-0.4, -0.2) is 14.5 Å². The van der Waals surface area contributed by atoms with Gasteiger partial charge in [0.15, 0.2) is 0 Å². The third kappa shape index (κ3) is 5.90. The first kappa shape index (κ1) is 34.9. The van der Waals surface area contributed by atoms with Gasteiger partial charge in [-0.2, -0.15) is 0 Å². The van der Waals surface area contributed by atoms with Crippen molar-refractivity contribution in [3.05, 3.63) is 224 Å². The second kappa shape index (κ2) is 14.3. The van der Waals surface area contributed by atoms with E-state index in [9.17, 15) is 0 Å². The van der Waals surface area contributed by atoms with E-state index in [-0.39, 0.29) is 0 Å². The molecule has 0 saturated carbocycles. The highest BCUT2D eigenvalue weighted by molar-refractivity contribution is 6.23. The Balaban J connectivity index is 0.920. The van der Waals surface area contributed by atoms with E-state index in [4.69, 9.17) is 9.97 Å². The summed E-state index contributed by atoms with van der Waals surface area (Å²) < 4.78 is 2.38. The van der Waals surface area contributed by atoms with Gasteiger partial charge in [0.05, 0.1) is 33.5 Å². The Kier molecular flexibility index (Phi) is 8.17. The van der Waals surface area contributed by atoms with E-state index in [1.54, 1.807) is 0 Å². The highest BCUT2D eigenvalue weighted by Gasteiger charge is 2.19. The molecule has 0 N–H and O–H groups in total. The van der Waals surface area contributed by atoms with Crippen molar-refractivity contribution in [2.45, 2.75) is 0 Å². The van der Waals surface area contributed by atoms with Gasteiger partial charge in [0.25, 0.3) is 0 Å². The predicted molar refractivity (Wildman–Crippen MR) is 256 cm³/mol. The minimum atomic E-state index is 0.872. The Hall–Kier alpha value is -8.14. The molecule has 0 fully saturated rings. The molecule has 10 aromatic carbocycles. The predicted octanol–water partition coefficient (Wildman–Crippen LogP) is 15.4. The van der Waals surface area contributed by atoms with Crippen LogP contribution in [0.25, 0.3) is 116 Å². The number of hydrogen-bond acceptors (Lipinski definition) is 2. The van der Waals surface area contributed by atoms with Gasteiger partial charge in [-0.15, -0.1) is 0 Å². The lowest BCUT2D eigenvalue weighted by molar-refractivity contribution is 1.18. The van der Waals surface area contributed by atoms with Gasteiger partial charge in [-0.05, 0) is 80.6 Å². The molecule has 3 nitrogen and oxygen atoms in total. The van der Waals surface area contributed by atoms with Crippen LogP contribution in [0.1, 0.15) is 0 Å². The molecule has 0 amide bonds. The van der Waals surface area contributed by atoms with Crippen LogP contribution >= 0.6 is 0 Å². The molecule has 0 saturated heterocycles. The number of hydrogen-bond donors (Lipinski definition) is 0. The zero-order chi connectivity index (χ0) is 40.3. The summed E-state index contributed by atoms with van der Waals surface area (Å²) in [6.07, 6.45) is 0. The molecule has 61 heavy (non-hydrogen) atoms. The van der Waals surface area contributed by atoms with Crippen LogP contribution in [-0.2, 0) is 0 Å². The molecule has 12 aromatic rings. The van der Waals surface area contributed by atoms with Gasteiger partial charge in [-0.3, -0.25) is 0 Å². The smallest absolute Gasteiger partial charge is 0.0979 e. The number of rotatable bonds is 6. The van der Waals surface area contributed by atoms with Gasteiger partial charge in [-0.1, -0.05) is 188 Å². The van der Waals surface area contributed by atoms with E-state index in [2.05, 4.69) is 223 Å². The van der Waals surface area contributed by atoms with Gasteiger partial charge in [0.1, 0.15) is 0 Å². The van der Waals surface area contributed by atoms with Crippen LogP contribution < -0.4 is 0 Å². The number of benzene rings is 10. The Morgan fingerprint density at radius 2 is 0.656 bits per heavy atom. The highest BCUT2D eigenvalue weighted by Crippen LogP contribution is 2.40. The van der Waals surface area contributed by atoms with E-state index in [0.717, 1.165) is 61.1 Å². The molecule has 3 heteroatoms. The fraction of sp³-hybridized carbons (Fsp3) is 0. The molecule has 0 aliphatic rings. The maximum Gasteiger partial charge on any atom is 0.0979 e. The first-order valence-corrected chi connectivity index (χ1v) is 20.8. The van der Waals surface area contributed by atoms with Crippen LogP contribution in [0.4, 0.5) is 0 Å². The van der Waals surface area contributed by atoms with Crippen molar-refractivity contribution in [2.24, 2.45) is 0 Å². The van der Waals surface area contributed by atoms with Crippen molar-refractivity contribution >= 4 is 54.4 Å². The highest BCUT2D eigenvalue weighted by atomic mass is 15.0. The molecule has 284 valence electrons. The second-order valence-electron chi connectivity index (χ2n) is 15.7. The monoisotopic (exact) mass is 775 g/mol. The number of nitrogens with zero attached hydrogens (tertiary/aromatic N) is 3. The van der Waals surface area contributed by atoms with E-state index < -0.39 is 0 Å². The van der Waals surface area contributed by atoms with Crippen LogP contribution in [0.15, 0.2) is 224 Å². The van der Waals surface area contributed by atoms with E-state index in [1.165, 1.54) is 54.8 Å². The molecule has 0 aliphatic heterocycles. The average molecular weight is 776 g/mol. The van der Waals surface area contributed by atoms with Crippen molar-refractivity contribution in [2.75, 3.05) is 0 Å². The molecular weight excluding hydrogens is 739 g/mol. The summed E-state index contributed by atoms with van der Waals surface area (Å²) in [5.41, 5.74) is 16.2. The molecule has 12 rings (SSSR count). The van der Waals surface area contributed by atoms with E-state index in [1.807, 2.05) is 6.07 Å². The lowest BCUT2D eigenvalue weighted by Gasteiger charge is -2.15. The summed E-state index contributed by atoms with van der Waals surface area (Å²) in [7, 11) is 0. The molecule has 2 aromatic heterocycles. The SMILES string of the molecule is c1ccc(-c2nc3c4ccccc4c4ccccc4c3nc2-c2cccc(-c3ccc(-c4cccc(-c5ccc6c7ccccc7n(-c7ccccc7)c6c5)c4)cc3)c2)cc1. The van der Waals surface area contributed by atoms with Crippen LogP contribution in [0.2, 0.25) is 0 Å². The largest absolute Gasteiger partial charge is 0.309 e. The van der Waals surface area contributed by atoms with Crippen LogP contribution in [0.5, 0.6) is 0 Å². The van der Waals surface area contributed by atoms with Crippen molar-refractivity contribution in [1.29, 1.82) is 0 Å². The van der Waals surface area contributed by atoms with Gasteiger partial charge >= 0.3 is 0 Å². The third-order valence-electron chi connectivity index (χ3n) is 12.2. The Morgan fingerprint density at radius 3 is 1.28 bits per heavy atom. The summed E-state index contributed by atoms with van der Waals surface area (Å²) in [6, 6.07) is 80.3. The summed E-state index contributed by atoms with van der Waals surface area (Å²) >= 11 is 0. The first-order chi connectivity index (χ1) is 30.2. The third-order valence-corrected chi connectivity index (χ3v) is 12.2. The molecule has 0 bridgehead atoms. The summed E-state index contributed by atoms with van der Waals surface area (Å²) in [5, 5.41) is 7.11. The topological polar surface area (TPSA) is 30.7 Å². The molecule has 0 aliphatic carbocycles. The molecule has 0 radical (unpaired) electrons. The van der Waals surface area contributed by atoms with Crippen molar-refractivity contribution in [3.63, 3.8) is 0 Å². The quantitative estimate of drug-likeness (QED) is 0.158. The molecule has 2 heterocycles. The zero-order valence-electron chi connectivity index (χ0n) is 33.2. The maximum atomic E-state index is 5.51. The standard InChI is InChI=1S/C58H37N3/c1-3-15-40(16-4-1)55-56(60-58-52-27-10-8-24-48(52)47-23-7-9-26-51(47)57(58)59-55)45-20-14-18-42(36-45)39-31-29-38(30-32-39)41-17-13-19-43(35-41)44-33-34-50-49-25-11-12-28-53(49)61(54(50)37-44)46-21-5-2-6-22-46/h1-37H. The fourth-order valence-electron chi connectivity index (χ4n) is 9.24. The average Bonchev–Trinajstić information content (AvgIpc) is 3.68. The van der Waals surface area contributed by atoms with Crippen LogP contribution in [0, 0.1) is 0 Å². The fourth-order valence-corrected chi connectivity index (χ4v) is 9.24. The molecule has 0 atom stereocenters. The van der Waals surface area contributed by atoms with Gasteiger partial charge < -0.3 is 4.57 Å². The van der Waals surface area contributed by atoms with Gasteiger partial charge in [-0.25, -0.2) is 9.97 Å². The van der Waals surface area contributed by atoms with Crippen LogP contribution in [0.3, 0.4) is 0 Å². The molecular formula is C58H37N3. The lowest BCUT2D eigenvalue weighted by Crippen LogP contribution is -1.97. The number of aromatic nitrogens is 3. The summed E-state index contributed by atoms with van der Waals surface area (Å²) in [4.78, 5) is 11.0. The van der Waals surface area contributed by atoms with Gasteiger partial charge in [0, 0.05) is 38.4 Å². The Morgan fingerprint density at radius 1 is 0.246 bits per heavy atom. The van der Waals surface area contributed by atoms with Crippen molar-refractivity contribution in [3.8, 4) is 61.6 Å². The molecule has 0 unspecified atom stereocenters. The lowest BCUT2D eigenvalue weighted by atomic mass is 9.95. The number of fused-ring (bicyclic) bond motifs is 9. The minimum Gasteiger partial charge on any atom is -0.309 e. The van der Waals surface area contributed by atoms with Crippen molar-refractivity contribution < 1.29 is 0 Å². The van der Waals surface area contributed by atoms with E-state index in [0.29, 0.717) is 0 Å². The second-order valence-corrected chi connectivity index (χ2v) is 15.7. The van der Waals surface area contributed by atoms with E-state index >= 15 is 0 Å². The normalized spacial score (nSPS) is 11.6. The maximum absolute atomic E-state index is 5.51. The summed E-state index contributed by atoms with van der Waals surface area (Å²) in [6.45, 7) is 0. The van der Waals surface area contributed by atoms with Crippen molar-refractivity contribution in [1.82, 2.24) is 14.5 Å². The zero-order valence-corrected chi connectivity index (χ0v) is 33.2.